The Morgan fingerprint density at radius 2 is 0.827 bits per heavy atom. The van der Waals surface area contributed by atoms with E-state index in [1.54, 1.807) is 6.08 Å². The predicted molar refractivity (Wildman–Crippen MR) is 227 cm³/mol. The molecule has 0 aliphatic rings. The molecule has 0 fully saturated rings. The van der Waals surface area contributed by atoms with Gasteiger partial charge in [-0.3, -0.25) is 4.79 Å². The zero-order valence-electron chi connectivity index (χ0n) is 34.7. The number of aliphatic hydroxyl groups excluding tert-OH is 3. The standard InChI is InChI=1S/C47H89NO4/c1-3-5-7-9-11-13-15-17-19-21-22-23-25-27-29-31-33-35-37-39-41-46(51)45(43-49)48-47(52)42-44(50)40-38-36-34-32-30-28-26-24-20-18-16-14-12-10-8-6-4-2/h24,26,31,33,39,41,44-46,49-51H,3-23,25,27-30,32,34-38,40,42-43H2,1-2H3,(H,48,52)/b26-24-,33-31+,41-39+. The molecule has 0 saturated heterocycles. The average Bonchev–Trinajstić information content (AvgIpc) is 3.14. The molecule has 0 radical (unpaired) electrons. The fourth-order valence-electron chi connectivity index (χ4n) is 6.88. The number of aliphatic hydroxyl groups is 3. The zero-order chi connectivity index (χ0) is 38.0. The summed E-state index contributed by atoms with van der Waals surface area (Å²) in [5.74, 6) is -0.329. The predicted octanol–water partition coefficient (Wildman–Crippen LogP) is 13.2. The Morgan fingerprint density at radius 1 is 0.481 bits per heavy atom. The van der Waals surface area contributed by atoms with Crippen LogP contribution in [0.4, 0.5) is 0 Å². The van der Waals surface area contributed by atoms with Crippen LogP contribution in [-0.2, 0) is 4.79 Å². The lowest BCUT2D eigenvalue weighted by Crippen LogP contribution is -2.45. The number of carbonyl (C=O) groups is 1. The number of hydrogen-bond acceptors (Lipinski definition) is 4. The molecule has 0 aliphatic carbocycles. The number of rotatable bonds is 41. The summed E-state index contributed by atoms with van der Waals surface area (Å²) >= 11 is 0. The first kappa shape index (κ1) is 50.6. The van der Waals surface area contributed by atoms with Crippen LogP contribution < -0.4 is 5.32 Å². The van der Waals surface area contributed by atoms with E-state index in [1.165, 1.54) is 161 Å². The summed E-state index contributed by atoms with van der Waals surface area (Å²) in [7, 11) is 0. The highest BCUT2D eigenvalue weighted by atomic mass is 16.3. The Hall–Kier alpha value is -1.43. The van der Waals surface area contributed by atoms with Gasteiger partial charge < -0.3 is 20.6 Å². The molecular weight excluding hydrogens is 643 g/mol. The maximum Gasteiger partial charge on any atom is 0.222 e. The third-order valence-corrected chi connectivity index (χ3v) is 10.4. The van der Waals surface area contributed by atoms with Crippen LogP contribution in [0.3, 0.4) is 0 Å². The van der Waals surface area contributed by atoms with Crippen LogP contribution in [0, 0.1) is 0 Å². The van der Waals surface area contributed by atoms with E-state index in [2.05, 4.69) is 43.5 Å². The quantitative estimate of drug-likeness (QED) is 0.0372. The number of hydrogen-bond donors (Lipinski definition) is 4. The topological polar surface area (TPSA) is 89.8 Å². The van der Waals surface area contributed by atoms with Gasteiger partial charge in [0, 0.05) is 0 Å². The highest BCUT2D eigenvalue weighted by Gasteiger charge is 2.20. The Bertz CT molecular complexity index is 809. The van der Waals surface area contributed by atoms with Crippen molar-refractivity contribution in [3.05, 3.63) is 36.5 Å². The van der Waals surface area contributed by atoms with E-state index in [9.17, 15) is 20.1 Å². The lowest BCUT2D eigenvalue weighted by atomic mass is 10.0. The average molecular weight is 732 g/mol. The van der Waals surface area contributed by atoms with Crippen molar-refractivity contribution in [1.82, 2.24) is 5.32 Å². The second kappa shape index (κ2) is 42.3. The summed E-state index contributed by atoms with van der Waals surface area (Å²) in [6.45, 7) is 4.21. The van der Waals surface area contributed by atoms with Gasteiger partial charge in [-0.25, -0.2) is 0 Å². The minimum Gasteiger partial charge on any atom is -0.394 e. The maximum absolute atomic E-state index is 12.4. The highest BCUT2D eigenvalue weighted by molar-refractivity contribution is 5.76. The van der Waals surface area contributed by atoms with Crippen LogP contribution in [0.1, 0.15) is 232 Å². The molecule has 1 amide bonds. The van der Waals surface area contributed by atoms with Crippen molar-refractivity contribution in [3.8, 4) is 0 Å². The van der Waals surface area contributed by atoms with E-state index < -0.39 is 18.2 Å². The third-order valence-electron chi connectivity index (χ3n) is 10.4. The van der Waals surface area contributed by atoms with Gasteiger partial charge in [0.1, 0.15) is 0 Å². The van der Waals surface area contributed by atoms with Crippen LogP contribution in [-0.4, -0.2) is 46.1 Å². The van der Waals surface area contributed by atoms with E-state index in [-0.39, 0.29) is 18.9 Å². The normalized spacial score (nSPS) is 13.9. The zero-order valence-corrected chi connectivity index (χ0v) is 34.7. The maximum atomic E-state index is 12.4. The molecule has 0 aromatic rings. The molecule has 0 spiro atoms. The first-order valence-electron chi connectivity index (χ1n) is 22.8. The summed E-state index contributed by atoms with van der Waals surface area (Å²) in [6, 6.07) is -0.763. The second-order valence-electron chi connectivity index (χ2n) is 15.6. The van der Waals surface area contributed by atoms with Crippen molar-refractivity contribution in [2.45, 2.75) is 250 Å². The van der Waals surface area contributed by atoms with Crippen LogP contribution in [0.2, 0.25) is 0 Å². The summed E-state index contributed by atoms with van der Waals surface area (Å²) in [6.07, 6.45) is 52.9. The molecule has 0 aliphatic heterocycles. The molecule has 0 heterocycles. The molecule has 0 bridgehead atoms. The minimum absolute atomic E-state index is 0.000684. The minimum atomic E-state index is -0.953. The summed E-state index contributed by atoms with van der Waals surface area (Å²) in [5.41, 5.74) is 0. The van der Waals surface area contributed by atoms with Crippen molar-refractivity contribution >= 4 is 5.91 Å². The summed E-state index contributed by atoms with van der Waals surface area (Å²) in [4.78, 5) is 12.4. The number of allylic oxidation sites excluding steroid dienone is 5. The SMILES string of the molecule is CCCCCCCCCC/C=C\CCCCCCCC(O)CC(=O)NC(CO)C(O)/C=C/CC/C=C/CCCCCCCCCCCCCCCC. The van der Waals surface area contributed by atoms with Crippen molar-refractivity contribution in [1.29, 1.82) is 0 Å². The van der Waals surface area contributed by atoms with E-state index in [0.29, 0.717) is 6.42 Å². The second-order valence-corrected chi connectivity index (χ2v) is 15.6. The smallest absolute Gasteiger partial charge is 0.222 e. The van der Waals surface area contributed by atoms with E-state index in [0.717, 1.165) is 44.9 Å². The van der Waals surface area contributed by atoms with Crippen LogP contribution in [0.25, 0.3) is 0 Å². The van der Waals surface area contributed by atoms with Gasteiger partial charge in [-0.05, 0) is 57.8 Å². The molecule has 0 rings (SSSR count). The molecule has 3 atom stereocenters. The Morgan fingerprint density at radius 3 is 1.23 bits per heavy atom. The lowest BCUT2D eigenvalue weighted by Gasteiger charge is -2.20. The lowest BCUT2D eigenvalue weighted by molar-refractivity contribution is -0.124. The molecule has 4 N–H and O–H groups in total. The van der Waals surface area contributed by atoms with Crippen molar-refractivity contribution in [2.75, 3.05) is 6.61 Å². The molecule has 0 aromatic heterocycles. The van der Waals surface area contributed by atoms with Gasteiger partial charge in [-0.15, -0.1) is 0 Å². The molecule has 0 aromatic carbocycles. The largest absolute Gasteiger partial charge is 0.394 e. The van der Waals surface area contributed by atoms with Crippen LogP contribution >= 0.6 is 0 Å². The van der Waals surface area contributed by atoms with E-state index in [4.69, 9.17) is 0 Å². The molecule has 5 heteroatoms. The molecule has 5 nitrogen and oxygen atoms in total. The fraction of sp³-hybridized carbons (Fsp3) is 0.851. The van der Waals surface area contributed by atoms with Gasteiger partial charge >= 0.3 is 0 Å². The van der Waals surface area contributed by atoms with Crippen LogP contribution in [0.15, 0.2) is 36.5 Å². The monoisotopic (exact) mass is 732 g/mol. The van der Waals surface area contributed by atoms with Crippen molar-refractivity contribution < 1.29 is 20.1 Å². The summed E-state index contributed by atoms with van der Waals surface area (Å²) in [5, 5.41) is 33.2. The Labute approximate surface area is 324 Å². The first-order valence-corrected chi connectivity index (χ1v) is 22.8. The van der Waals surface area contributed by atoms with Gasteiger partial charge in [0.05, 0.1) is 31.3 Å². The van der Waals surface area contributed by atoms with Gasteiger partial charge in [-0.2, -0.15) is 0 Å². The number of unbranched alkanes of at least 4 members (excludes halogenated alkanes) is 28. The van der Waals surface area contributed by atoms with Gasteiger partial charge in [0.15, 0.2) is 0 Å². The van der Waals surface area contributed by atoms with Crippen LogP contribution in [0.5, 0.6) is 0 Å². The first-order chi connectivity index (χ1) is 25.5. The highest BCUT2D eigenvalue weighted by Crippen LogP contribution is 2.15. The summed E-state index contributed by atoms with van der Waals surface area (Å²) < 4.78 is 0. The fourth-order valence-corrected chi connectivity index (χ4v) is 6.88. The van der Waals surface area contributed by atoms with E-state index >= 15 is 0 Å². The van der Waals surface area contributed by atoms with Crippen molar-refractivity contribution in [3.63, 3.8) is 0 Å². The third kappa shape index (κ3) is 38.3. The molecular formula is C47H89NO4. The Balaban J connectivity index is 3.71. The molecule has 3 unspecified atom stereocenters. The number of carbonyl (C=O) groups excluding carboxylic acids is 1. The van der Waals surface area contributed by atoms with Gasteiger partial charge in [0.2, 0.25) is 5.91 Å². The molecule has 52 heavy (non-hydrogen) atoms. The Kier molecular flexibility index (Phi) is 41.1. The van der Waals surface area contributed by atoms with Gasteiger partial charge in [-0.1, -0.05) is 204 Å². The number of nitrogens with one attached hydrogen (secondary N) is 1. The number of amides is 1. The molecule has 0 saturated carbocycles. The van der Waals surface area contributed by atoms with Crippen molar-refractivity contribution in [2.24, 2.45) is 0 Å². The van der Waals surface area contributed by atoms with E-state index in [1.807, 2.05) is 6.08 Å². The van der Waals surface area contributed by atoms with Gasteiger partial charge in [0.25, 0.3) is 0 Å². The molecule has 306 valence electrons.